The molecule has 0 unspecified atom stereocenters. The molecule has 2 bridgehead atoms. The van der Waals surface area contributed by atoms with Crippen molar-refractivity contribution in [3.63, 3.8) is 0 Å². The second kappa shape index (κ2) is 10.6. The first kappa shape index (κ1) is 27.6. The Morgan fingerprint density at radius 3 is 2.23 bits per heavy atom. The second-order valence-corrected chi connectivity index (χ2v) is 15.4. The van der Waals surface area contributed by atoms with E-state index >= 15 is 0 Å². The molecule has 0 radical (unpaired) electrons. The summed E-state index contributed by atoms with van der Waals surface area (Å²) in [6.07, 6.45) is -0.775. The first-order valence-corrected chi connectivity index (χ1v) is 14.9. The molecule has 1 aromatic heterocycles. The van der Waals surface area contributed by atoms with E-state index in [2.05, 4.69) is 50.0 Å². The highest BCUT2D eigenvalue weighted by molar-refractivity contribution is 6.99. The lowest BCUT2D eigenvalue weighted by atomic mass is 10.0. The Kier molecular flexibility index (Phi) is 7.48. The van der Waals surface area contributed by atoms with Crippen molar-refractivity contribution >= 4 is 18.7 Å². The van der Waals surface area contributed by atoms with Crippen molar-refractivity contribution in [3.05, 3.63) is 93.8 Å². The van der Waals surface area contributed by atoms with Crippen molar-refractivity contribution in [1.29, 1.82) is 0 Å². The zero-order valence-corrected chi connectivity index (χ0v) is 23.2. The molecule has 9 nitrogen and oxygen atoms in total. The summed E-state index contributed by atoms with van der Waals surface area (Å²) in [5, 5.41) is 14.9. The minimum absolute atomic E-state index is 0.00202. The number of fused-ring (bicyclic) bond motifs is 2. The average molecular weight is 556 g/mol. The molecule has 0 aliphatic carbocycles. The highest BCUT2D eigenvalue weighted by Crippen LogP contribution is 2.47. The molecule has 208 valence electrons. The number of nitrogens with zero attached hydrogens (tertiary/aromatic N) is 2. The monoisotopic (exact) mass is 555 g/mol. The van der Waals surface area contributed by atoms with Crippen molar-refractivity contribution in [2.24, 2.45) is 0 Å². The number of hydroxylamine groups is 2. The number of H-pyrrole nitrogens is 1. The highest BCUT2D eigenvalue weighted by Gasteiger charge is 2.66. The van der Waals surface area contributed by atoms with Gasteiger partial charge in [-0.25, -0.2) is 9.18 Å². The van der Waals surface area contributed by atoms with E-state index in [1.54, 1.807) is 0 Å². The van der Waals surface area contributed by atoms with Gasteiger partial charge in [0.25, 0.3) is 13.9 Å². The van der Waals surface area contributed by atoms with Crippen LogP contribution in [0.2, 0.25) is 5.04 Å². The van der Waals surface area contributed by atoms with Crippen LogP contribution < -0.4 is 21.6 Å². The lowest BCUT2D eigenvalue weighted by Crippen LogP contribution is -2.68. The van der Waals surface area contributed by atoms with Crippen LogP contribution in [-0.2, 0) is 14.0 Å². The summed E-state index contributed by atoms with van der Waals surface area (Å²) >= 11 is 0. The zero-order chi connectivity index (χ0) is 27.8. The van der Waals surface area contributed by atoms with Crippen LogP contribution in [0.25, 0.3) is 0 Å². The summed E-state index contributed by atoms with van der Waals surface area (Å²) < 4.78 is 27.8. The molecule has 0 saturated carbocycles. The topological polar surface area (TPSA) is 106 Å². The van der Waals surface area contributed by atoms with E-state index in [9.17, 15) is 19.1 Å². The third kappa shape index (κ3) is 4.73. The number of hydrogen-bond acceptors (Lipinski definition) is 7. The van der Waals surface area contributed by atoms with Crippen molar-refractivity contribution in [2.75, 3.05) is 26.4 Å². The molecule has 39 heavy (non-hydrogen) atoms. The smallest absolute Gasteiger partial charge is 0.330 e. The van der Waals surface area contributed by atoms with E-state index in [0.29, 0.717) is 0 Å². The third-order valence-corrected chi connectivity index (χ3v) is 12.7. The summed E-state index contributed by atoms with van der Waals surface area (Å²) in [6.45, 7) is 5.66. The predicted molar refractivity (Wildman–Crippen MR) is 146 cm³/mol. The van der Waals surface area contributed by atoms with Crippen LogP contribution in [0.5, 0.6) is 0 Å². The molecule has 2 aliphatic heterocycles. The highest BCUT2D eigenvalue weighted by atomic mass is 28.4. The Morgan fingerprint density at radius 1 is 1.08 bits per heavy atom. The molecule has 2 N–H and O–H groups in total. The molecule has 2 aliphatic rings. The van der Waals surface area contributed by atoms with Gasteiger partial charge in [0, 0.05) is 12.3 Å². The van der Waals surface area contributed by atoms with Gasteiger partial charge < -0.3 is 14.3 Å². The van der Waals surface area contributed by atoms with Crippen molar-refractivity contribution in [1.82, 2.24) is 14.6 Å². The molecular formula is C28H34FN3O6Si. The van der Waals surface area contributed by atoms with Crippen LogP contribution in [0.4, 0.5) is 4.39 Å². The number of benzene rings is 2. The molecular weight excluding hydrogens is 521 g/mol. The van der Waals surface area contributed by atoms with Gasteiger partial charge in [0.15, 0.2) is 6.23 Å². The van der Waals surface area contributed by atoms with Crippen LogP contribution in [0, 0.1) is 0 Å². The normalized spacial score (nSPS) is 25.3. The standard InChI is InChI=1S/C28H34FN3O6Si/c1-27(2,3)39(20-10-6-4-7-11-20,21-12-8-5-9-13-21)37-19-28-18-32(36-17-15-29)23(24(28)34)25(38-28)31-16-14-22(33)30-26(31)35/h4-14,16,23-25,34H,15,17-19H2,1-3H3,(H,30,33,35)/t23-,24+,25-,28-/m1/s1. The lowest BCUT2D eigenvalue weighted by Gasteiger charge is -2.45. The van der Waals surface area contributed by atoms with Gasteiger partial charge in [-0.15, -0.1) is 0 Å². The summed E-state index contributed by atoms with van der Waals surface area (Å²) in [4.78, 5) is 32.2. The second-order valence-electron chi connectivity index (χ2n) is 11.1. The average Bonchev–Trinajstić information content (AvgIpc) is 3.34. The number of rotatable bonds is 9. The van der Waals surface area contributed by atoms with Gasteiger partial charge in [0.2, 0.25) is 0 Å². The van der Waals surface area contributed by atoms with Crippen molar-refractivity contribution < 1.29 is 23.5 Å². The fraction of sp³-hybridized carbons (Fsp3) is 0.429. The summed E-state index contributed by atoms with van der Waals surface area (Å²) in [6, 6.07) is 20.6. The Morgan fingerprint density at radius 2 is 1.69 bits per heavy atom. The molecule has 0 spiro atoms. The van der Waals surface area contributed by atoms with Gasteiger partial charge in [-0.2, -0.15) is 5.06 Å². The van der Waals surface area contributed by atoms with E-state index in [1.807, 2.05) is 36.4 Å². The number of alkyl halides is 1. The minimum Gasteiger partial charge on any atom is -0.404 e. The van der Waals surface area contributed by atoms with Crippen LogP contribution in [-0.4, -0.2) is 72.2 Å². The van der Waals surface area contributed by atoms with E-state index in [0.717, 1.165) is 10.4 Å². The molecule has 11 heteroatoms. The number of ether oxygens (including phenoxy) is 1. The summed E-state index contributed by atoms with van der Waals surface area (Å²) in [7, 11) is -2.98. The minimum atomic E-state index is -2.98. The van der Waals surface area contributed by atoms with Gasteiger partial charge >= 0.3 is 5.69 Å². The van der Waals surface area contributed by atoms with Gasteiger partial charge in [0.05, 0.1) is 19.8 Å². The third-order valence-electron chi connectivity index (χ3n) is 7.68. The quantitative estimate of drug-likeness (QED) is 0.384. The molecule has 2 saturated heterocycles. The summed E-state index contributed by atoms with van der Waals surface area (Å²) in [5.41, 5.74) is -2.50. The maximum Gasteiger partial charge on any atom is 0.330 e. The summed E-state index contributed by atoms with van der Waals surface area (Å²) in [5.74, 6) is 0. The Balaban J connectivity index is 1.56. The predicted octanol–water partition coefficient (Wildman–Crippen LogP) is 1.33. The van der Waals surface area contributed by atoms with Gasteiger partial charge in [-0.05, 0) is 15.4 Å². The Bertz CT molecular complexity index is 1360. The maximum atomic E-state index is 13.1. The number of hydrogen-bond donors (Lipinski definition) is 2. The lowest BCUT2D eigenvalue weighted by molar-refractivity contribution is -0.253. The zero-order valence-electron chi connectivity index (χ0n) is 22.2. The number of morpholine rings is 1. The van der Waals surface area contributed by atoms with E-state index in [-0.39, 0.29) is 24.8 Å². The Labute approximate surface area is 226 Å². The first-order valence-electron chi connectivity index (χ1n) is 13.0. The van der Waals surface area contributed by atoms with Crippen LogP contribution in [0.1, 0.15) is 27.0 Å². The van der Waals surface area contributed by atoms with E-state index in [4.69, 9.17) is 14.0 Å². The van der Waals surface area contributed by atoms with Crippen molar-refractivity contribution in [2.45, 2.75) is 49.8 Å². The largest absolute Gasteiger partial charge is 0.404 e. The Hall–Kier alpha value is -2.93. The van der Waals surface area contributed by atoms with Gasteiger partial charge in [0.1, 0.15) is 24.4 Å². The van der Waals surface area contributed by atoms with Crippen LogP contribution in [0.15, 0.2) is 82.5 Å². The number of aromatic amines is 1. The molecule has 4 atom stereocenters. The van der Waals surface area contributed by atoms with Gasteiger partial charge in [-0.1, -0.05) is 81.4 Å². The molecule has 2 aromatic carbocycles. The molecule has 3 aromatic rings. The number of aliphatic hydroxyl groups is 1. The number of nitrogens with one attached hydrogen (secondary N) is 1. The van der Waals surface area contributed by atoms with E-state index in [1.165, 1.54) is 21.9 Å². The molecule has 3 heterocycles. The van der Waals surface area contributed by atoms with E-state index < -0.39 is 50.2 Å². The molecule has 0 amide bonds. The van der Waals surface area contributed by atoms with Gasteiger partial charge in [-0.3, -0.25) is 19.2 Å². The first-order chi connectivity index (χ1) is 18.6. The van der Waals surface area contributed by atoms with Crippen molar-refractivity contribution in [3.8, 4) is 0 Å². The van der Waals surface area contributed by atoms with Crippen LogP contribution >= 0.6 is 0 Å². The fourth-order valence-corrected chi connectivity index (χ4v) is 10.6. The molecule has 2 fully saturated rings. The van der Waals surface area contributed by atoms with Crippen LogP contribution in [0.3, 0.4) is 0 Å². The maximum absolute atomic E-state index is 13.1. The SMILES string of the molecule is CC(C)(C)[Si](OC[C@@]12CN(OCCF)[C@@H]([C@H](n3ccc(=O)[nH]c3=O)O1)[C@@H]2O)(c1ccccc1)c1ccccc1. The number of aliphatic hydroxyl groups excluding tert-OH is 1. The number of halogens is 1. The number of aromatic nitrogens is 2. The fourth-order valence-electron chi connectivity index (χ4n) is 5.94. The molecule has 5 rings (SSSR count).